The van der Waals surface area contributed by atoms with Crippen LogP contribution < -0.4 is 5.32 Å². The number of thiophene rings is 1. The average Bonchev–Trinajstić information content (AvgIpc) is 2.63. The van der Waals surface area contributed by atoms with Crippen molar-refractivity contribution in [3.05, 3.63) is 21.9 Å². The standard InChI is InChI=1S/C11H16F3NS/c1-3-8-5-6-10(16-8)9(15-4-2)7-11(12,13)14/h5-6,9,15H,3-4,7H2,1-2H3. The Morgan fingerprint density at radius 1 is 1.31 bits per heavy atom. The quantitative estimate of drug-likeness (QED) is 0.836. The van der Waals surface area contributed by atoms with Crippen LogP contribution in [0, 0.1) is 0 Å². The summed E-state index contributed by atoms with van der Waals surface area (Å²) in [4.78, 5) is 1.90. The zero-order chi connectivity index (χ0) is 12.2. The topological polar surface area (TPSA) is 12.0 Å². The van der Waals surface area contributed by atoms with Crippen molar-refractivity contribution in [3.8, 4) is 0 Å². The van der Waals surface area contributed by atoms with Gasteiger partial charge in [-0.1, -0.05) is 13.8 Å². The molecule has 1 nitrogen and oxygen atoms in total. The lowest BCUT2D eigenvalue weighted by Crippen LogP contribution is -2.25. The summed E-state index contributed by atoms with van der Waals surface area (Å²) in [6.07, 6.45) is -4.05. The highest BCUT2D eigenvalue weighted by molar-refractivity contribution is 7.12. The largest absolute Gasteiger partial charge is 0.390 e. The van der Waals surface area contributed by atoms with Crippen LogP contribution in [0.15, 0.2) is 12.1 Å². The predicted molar refractivity (Wildman–Crippen MR) is 60.8 cm³/mol. The molecule has 5 heteroatoms. The Balaban J connectivity index is 2.76. The monoisotopic (exact) mass is 251 g/mol. The third-order valence-corrected chi connectivity index (χ3v) is 3.60. The van der Waals surface area contributed by atoms with Crippen LogP contribution in [0.25, 0.3) is 0 Å². The molecule has 1 N–H and O–H groups in total. The van der Waals surface area contributed by atoms with E-state index in [2.05, 4.69) is 5.32 Å². The third-order valence-electron chi connectivity index (χ3n) is 2.26. The third kappa shape index (κ3) is 4.14. The molecule has 1 atom stereocenters. The minimum absolute atomic E-state index is 0.542. The molecule has 0 saturated heterocycles. The van der Waals surface area contributed by atoms with E-state index >= 15 is 0 Å². The average molecular weight is 251 g/mol. The molecule has 1 unspecified atom stereocenters. The summed E-state index contributed by atoms with van der Waals surface area (Å²) < 4.78 is 37.1. The van der Waals surface area contributed by atoms with E-state index in [0.29, 0.717) is 6.54 Å². The molecule has 1 aromatic rings. The Morgan fingerprint density at radius 3 is 2.44 bits per heavy atom. The van der Waals surface area contributed by atoms with Crippen molar-refractivity contribution in [2.24, 2.45) is 0 Å². The van der Waals surface area contributed by atoms with Gasteiger partial charge in [0.1, 0.15) is 0 Å². The Labute approximate surface area is 97.7 Å². The van der Waals surface area contributed by atoms with Crippen LogP contribution in [0.1, 0.15) is 36.1 Å². The van der Waals surface area contributed by atoms with Crippen molar-refractivity contribution < 1.29 is 13.2 Å². The Morgan fingerprint density at radius 2 is 2.00 bits per heavy atom. The van der Waals surface area contributed by atoms with Gasteiger partial charge in [0.15, 0.2) is 0 Å². The maximum Gasteiger partial charge on any atom is 0.390 e. The molecule has 0 amide bonds. The van der Waals surface area contributed by atoms with E-state index in [9.17, 15) is 13.2 Å². The van der Waals surface area contributed by atoms with E-state index < -0.39 is 18.6 Å². The molecule has 0 spiro atoms. The molecule has 1 aromatic heterocycles. The summed E-state index contributed by atoms with van der Waals surface area (Å²) in [5.41, 5.74) is 0. The van der Waals surface area contributed by atoms with Gasteiger partial charge in [-0.25, -0.2) is 0 Å². The van der Waals surface area contributed by atoms with Crippen molar-refractivity contribution >= 4 is 11.3 Å². The molecule has 0 fully saturated rings. The second kappa shape index (κ2) is 5.68. The number of halogens is 3. The van der Waals surface area contributed by atoms with Crippen molar-refractivity contribution in [2.45, 2.75) is 38.9 Å². The number of nitrogens with one attached hydrogen (secondary N) is 1. The highest BCUT2D eigenvalue weighted by atomic mass is 32.1. The summed E-state index contributed by atoms with van der Waals surface area (Å²) in [5, 5.41) is 2.88. The number of hydrogen-bond acceptors (Lipinski definition) is 2. The Bertz CT molecular complexity index is 319. The van der Waals surface area contributed by atoms with E-state index in [1.54, 1.807) is 6.07 Å². The van der Waals surface area contributed by atoms with E-state index in [0.717, 1.165) is 16.2 Å². The van der Waals surface area contributed by atoms with Crippen LogP contribution >= 0.6 is 11.3 Å². The molecule has 0 saturated carbocycles. The van der Waals surface area contributed by atoms with E-state index in [1.165, 1.54) is 11.3 Å². The van der Waals surface area contributed by atoms with Crippen molar-refractivity contribution in [1.82, 2.24) is 5.32 Å². The van der Waals surface area contributed by atoms with Crippen LogP contribution in [-0.2, 0) is 6.42 Å². The van der Waals surface area contributed by atoms with Gasteiger partial charge in [-0.3, -0.25) is 0 Å². The number of hydrogen-bond donors (Lipinski definition) is 1. The zero-order valence-corrected chi connectivity index (χ0v) is 10.2. The van der Waals surface area contributed by atoms with Crippen LogP contribution in [0.5, 0.6) is 0 Å². The highest BCUT2D eigenvalue weighted by Crippen LogP contribution is 2.32. The molecule has 92 valence electrons. The second-order valence-corrected chi connectivity index (χ2v) is 4.79. The van der Waals surface area contributed by atoms with Crippen LogP contribution in [0.3, 0.4) is 0 Å². The number of aryl methyl sites for hydroxylation is 1. The lowest BCUT2D eigenvalue weighted by molar-refractivity contribution is -0.140. The molecule has 0 aliphatic carbocycles. The highest BCUT2D eigenvalue weighted by Gasteiger charge is 2.32. The smallest absolute Gasteiger partial charge is 0.309 e. The van der Waals surface area contributed by atoms with Crippen molar-refractivity contribution in [1.29, 1.82) is 0 Å². The van der Waals surface area contributed by atoms with E-state index in [4.69, 9.17) is 0 Å². The second-order valence-electron chi connectivity index (χ2n) is 3.59. The normalized spacial score (nSPS) is 14.1. The fourth-order valence-electron chi connectivity index (χ4n) is 1.52. The van der Waals surface area contributed by atoms with E-state index in [-0.39, 0.29) is 0 Å². The molecule has 0 bridgehead atoms. The van der Waals surface area contributed by atoms with Gasteiger partial charge in [0.25, 0.3) is 0 Å². The van der Waals surface area contributed by atoms with Gasteiger partial charge in [-0.15, -0.1) is 11.3 Å². The van der Waals surface area contributed by atoms with Gasteiger partial charge < -0.3 is 5.32 Å². The first-order chi connectivity index (χ1) is 7.46. The SMILES string of the molecule is CCNC(CC(F)(F)F)c1ccc(CC)s1. The summed E-state index contributed by atoms with van der Waals surface area (Å²) >= 11 is 1.46. The summed E-state index contributed by atoms with van der Waals surface area (Å²) in [7, 11) is 0. The zero-order valence-electron chi connectivity index (χ0n) is 9.40. The molecule has 0 aliphatic rings. The molecule has 1 rings (SSSR count). The van der Waals surface area contributed by atoms with Gasteiger partial charge >= 0.3 is 6.18 Å². The lowest BCUT2D eigenvalue weighted by Gasteiger charge is -2.18. The Kier molecular flexibility index (Phi) is 4.80. The Hall–Kier alpha value is -0.550. The minimum Gasteiger partial charge on any atom is -0.309 e. The molecule has 0 aliphatic heterocycles. The molecule has 0 aromatic carbocycles. The van der Waals surface area contributed by atoms with Crippen molar-refractivity contribution in [2.75, 3.05) is 6.54 Å². The molecular formula is C11H16F3NS. The molecular weight excluding hydrogens is 235 g/mol. The molecule has 0 radical (unpaired) electrons. The maximum atomic E-state index is 12.4. The fourth-order valence-corrected chi connectivity index (χ4v) is 2.55. The van der Waals surface area contributed by atoms with Gasteiger partial charge in [0.2, 0.25) is 0 Å². The first-order valence-electron chi connectivity index (χ1n) is 5.35. The first-order valence-corrected chi connectivity index (χ1v) is 6.16. The first kappa shape index (κ1) is 13.5. The lowest BCUT2D eigenvalue weighted by atomic mass is 10.1. The predicted octanol–water partition coefficient (Wildman–Crippen LogP) is 3.91. The van der Waals surface area contributed by atoms with Crippen LogP contribution in [0.2, 0.25) is 0 Å². The van der Waals surface area contributed by atoms with Crippen LogP contribution in [-0.4, -0.2) is 12.7 Å². The summed E-state index contributed by atoms with van der Waals surface area (Å²) in [6, 6.07) is 3.10. The van der Waals surface area contributed by atoms with Gasteiger partial charge in [0.05, 0.1) is 12.5 Å². The van der Waals surface area contributed by atoms with Gasteiger partial charge in [0, 0.05) is 9.75 Å². The molecule has 1 heterocycles. The fraction of sp³-hybridized carbons (Fsp3) is 0.636. The van der Waals surface area contributed by atoms with Gasteiger partial charge in [-0.05, 0) is 25.1 Å². The minimum atomic E-state index is -4.12. The summed E-state index contributed by atoms with van der Waals surface area (Å²) in [6.45, 7) is 4.36. The van der Waals surface area contributed by atoms with Gasteiger partial charge in [-0.2, -0.15) is 13.2 Å². The maximum absolute atomic E-state index is 12.4. The molecule has 16 heavy (non-hydrogen) atoms. The van der Waals surface area contributed by atoms with Crippen LogP contribution in [0.4, 0.5) is 13.2 Å². The number of alkyl halides is 3. The number of rotatable bonds is 5. The summed E-state index contributed by atoms with van der Waals surface area (Å²) in [5.74, 6) is 0. The van der Waals surface area contributed by atoms with Crippen molar-refractivity contribution in [3.63, 3.8) is 0 Å². The van der Waals surface area contributed by atoms with E-state index in [1.807, 2.05) is 19.9 Å².